The quantitative estimate of drug-likeness (QED) is 0.201. The summed E-state index contributed by atoms with van der Waals surface area (Å²) < 4.78 is 5.80. The van der Waals surface area contributed by atoms with Gasteiger partial charge in [0.1, 0.15) is 0 Å². The largest absolute Gasteiger partial charge is 0.389 e. The van der Waals surface area contributed by atoms with Crippen molar-refractivity contribution in [3.05, 3.63) is 35.9 Å². The Labute approximate surface area is 209 Å². The van der Waals surface area contributed by atoms with Gasteiger partial charge in [-0.15, -0.1) is 24.0 Å². The molecule has 2 aliphatic carbocycles. The zero-order valence-corrected chi connectivity index (χ0v) is 21.6. The van der Waals surface area contributed by atoms with Gasteiger partial charge in [-0.05, 0) is 51.5 Å². The Hall–Kier alpha value is -1.39. The van der Waals surface area contributed by atoms with Crippen LogP contribution in [0.2, 0.25) is 0 Å². The molecule has 7 nitrogen and oxygen atoms in total. The smallest absolute Gasteiger partial charge is 0.223 e. The fourth-order valence-electron chi connectivity index (χ4n) is 3.94. The van der Waals surface area contributed by atoms with E-state index in [9.17, 15) is 9.90 Å². The number of aliphatic hydroxyl groups is 1. The van der Waals surface area contributed by atoms with Crippen LogP contribution in [0.15, 0.2) is 35.3 Å². The fraction of sp³-hybridized carbons (Fsp3) is 0.667. The number of guanidine groups is 1. The van der Waals surface area contributed by atoms with Gasteiger partial charge >= 0.3 is 0 Å². The molecule has 2 saturated carbocycles. The maximum Gasteiger partial charge on any atom is 0.223 e. The number of ether oxygens (including phenoxy) is 1. The summed E-state index contributed by atoms with van der Waals surface area (Å²) in [6, 6.07) is 10.6. The first-order valence-electron chi connectivity index (χ1n) is 11.7. The third-order valence-electron chi connectivity index (χ3n) is 5.92. The molecule has 0 saturated heterocycles. The molecular formula is C24H39IN4O3. The van der Waals surface area contributed by atoms with Crippen LogP contribution < -0.4 is 16.0 Å². The van der Waals surface area contributed by atoms with Gasteiger partial charge < -0.3 is 25.8 Å². The van der Waals surface area contributed by atoms with Crippen LogP contribution in [0.25, 0.3) is 0 Å². The van der Waals surface area contributed by atoms with Gasteiger partial charge in [-0.25, -0.2) is 0 Å². The highest BCUT2D eigenvalue weighted by Crippen LogP contribution is 2.26. The summed E-state index contributed by atoms with van der Waals surface area (Å²) in [5.41, 5.74) is 1.09. The fourth-order valence-corrected chi connectivity index (χ4v) is 3.94. The average Bonchev–Trinajstić information content (AvgIpc) is 3.60. The molecule has 3 rings (SSSR count). The Balaban J connectivity index is 0.00000363. The number of hydrogen-bond donors (Lipinski definition) is 4. The van der Waals surface area contributed by atoms with Crippen molar-refractivity contribution in [2.24, 2.45) is 10.9 Å². The Morgan fingerprint density at radius 1 is 1.16 bits per heavy atom. The summed E-state index contributed by atoms with van der Waals surface area (Å²) in [5, 5.41) is 20.2. The second-order valence-electron chi connectivity index (χ2n) is 8.75. The van der Waals surface area contributed by atoms with Gasteiger partial charge in [0.15, 0.2) is 5.96 Å². The lowest BCUT2D eigenvalue weighted by molar-refractivity contribution is -0.126. The lowest BCUT2D eigenvalue weighted by Gasteiger charge is -2.30. The standard InChI is InChI=1S/C24H38N4O3.HI/c1-3-25-24(26-15-22(29)16-31-17(2)18-8-5-4-6-9-18)28-21-11-7-10-19(14-21)23(30)27-20-12-13-20;/h4-6,8-9,17,19-22,29H,3,7,10-16H2,1-2H3,(H,27,30)(H2,25,26,28);1H. The number of hydrogen-bond acceptors (Lipinski definition) is 4. The molecule has 4 N–H and O–H groups in total. The molecule has 8 heteroatoms. The van der Waals surface area contributed by atoms with Crippen molar-refractivity contribution in [1.29, 1.82) is 0 Å². The van der Waals surface area contributed by atoms with Crippen molar-refractivity contribution in [2.45, 2.75) is 76.7 Å². The van der Waals surface area contributed by atoms with E-state index in [1.807, 2.05) is 44.2 Å². The van der Waals surface area contributed by atoms with E-state index >= 15 is 0 Å². The predicted molar refractivity (Wildman–Crippen MR) is 138 cm³/mol. The molecule has 1 amide bonds. The van der Waals surface area contributed by atoms with Crippen molar-refractivity contribution >= 4 is 35.8 Å². The van der Waals surface area contributed by atoms with Crippen LogP contribution in [0.1, 0.15) is 64.0 Å². The number of amides is 1. The number of benzene rings is 1. The summed E-state index contributed by atoms with van der Waals surface area (Å²) in [6.45, 7) is 5.23. The number of nitrogens with zero attached hydrogens (tertiary/aromatic N) is 1. The highest BCUT2D eigenvalue weighted by atomic mass is 127. The van der Waals surface area contributed by atoms with Gasteiger partial charge in [-0.3, -0.25) is 9.79 Å². The molecule has 2 fully saturated rings. The van der Waals surface area contributed by atoms with Crippen molar-refractivity contribution < 1.29 is 14.6 Å². The molecular weight excluding hydrogens is 519 g/mol. The minimum Gasteiger partial charge on any atom is -0.389 e. The summed E-state index contributed by atoms with van der Waals surface area (Å²) in [6.07, 6.45) is 5.33. The molecule has 2 aliphatic rings. The van der Waals surface area contributed by atoms with E-state index in [0.717, 1.165) is 50.6 Å². The summed E-state index contributed by atoms with van der Waals surface area (Å²) in [4.78, 5) is 17.0. The van der Waals surface area contributed by atoms with E-state index in [1.54, 1.807) is 0 Å². The topological polar surface area (TPSA) is 95.0 Å². The minimum atomic E-state index is -0.676. The molecule has 0 radical (unpaired) electrons. The van der Waals surface area contributed by atoms with E-state index in [1.165, 1.54) is 0 Å². The number of aliphatic hydroxyl groups excluding tert-OH is 1. The van der Waals surface area contributed by atoms with Gasteiger partial charge in [0.05, 0.1) is 25.4 Å². The van der Waals surface area contributed by atoms with Gasteiger partial charge in [0.25, 0.3) is 0 Å². The first kappa shape index (κ1) is 26.9. The van der Waals surface area contributed by atoms with Crippen molar-refractivity contribution in [3.8, 4) is 0 Å². The van der Waals surface area contributed by atoms with Crippen LogP contribution in [0.4, 0.5) is 0 Å². The number of rotatable bonds is 10. The molecule has 1 aromatic carbocycles. The predicted octanol–water partition coefficient (Wildman–Crippen LogP) is 3.14. The van der Waals surface area contributed by atoms with E-state index in [0.29, 0.717) is 12.0 Å². The SMILES string of the molecule is CCNC(=NCC(O)COC(C)c1ccccc1)NC1CCCC(C(=O)NC2CC2)C1.I. The molecule has 180 valence electrons. The Morgan fingerprint density at radius 3 is 2.59 bits per heavy atom. The lowest BCUT2D eigenvalue weighted by atomic mass is 9.85. The zero-order valence-electron chi connectivity index (χ0n) is 19.3. The van der Waals surface area contributed by atoms with Crippen LogP contribution in [-0.2, 0) is 9.53 Å². The van der Waals surface area contributed by atoms with Gasteiger partial charge in [-0.2, -0.15) is 0 Å². The Morgan fingerprint density at radius 2 is 1.91 bits per heavy atom. The first-order chi connectivity index (χ1) is 15.0. The van der Waals surface area contributed by atoms with Crippen LogP contribution in [0.5, 0.6) is 0 Å². The summed E-state index contributed by atoms with van der Waals surface area (Å²) >= 11 is 0. The number of aliphatic imine (C=N–C) groups is 1. The highest BCUT2D eigenvalue weighted by Gasteiger charge is 2.31. The van der Waals surface area contributed by atoms with E-state index in [-0.39, 0.29) is 61.1 Å². The molecule has 0 bridgehead atoms. The molecule has 4 atom stereocenters. The molecule has 0 spiro atoms. The third-order valence-corrected chi connectivity index (χ3v) is 5.92. The second-order valence-corrected chi connectivity index (χ2v) is 8.75. The summed E-state index contributed by atoms with van der Waals surface area (Å²) in [7, 11) is 0. The van der Waals surface area contributed by atoms with Crippen molar-refractivity contribution in [2.75, 3.05) is 19.7 Å². The second kappa shape index (κ2) is 14.0. The molecule has 32 heavy (non-hydrogen) atoms. The summed E-state index contributed by atoms with van der Waals surface area (Å²) in [5.74, 6) is 0.968. The molecule has 0 aliphatic heterocycles. The highest BCUT2D eigenvalue weighted by molar-refractivity contribution is 14.0. The number of carbonyl (C=O) groups excluding carboxylic acids is 1. The monoisotopic (exact) mass is 558 g/mol. The Kier molecular flexibility index (Phi) is 11.7. The van der Waals surface area contributed by atoms with Crippen LogP contribution >= 0.6 is 24.0 Å². The molecule has 1 aromatic rings. The van der Waals surface area contributed by atoms with E-state index in [4.69, 9.17) is 4.74 Å². The zero-order chi connectivity index (χ0) is 22.1. The van der Waals surface area contributed by atoms with Crippen LogP contribution in [0, 0.1) is 5.92 Å². The van der Waals surface area contributed by atoms with Crippen LogP contribution in [-0.4, -0.2) is 54.9 Å². The third kappa shape index (κ3) is 9.23. The van der Waals surface area contributed by atoms with Gasteiger partial charge in [0, 0.05) is 24.5 Å². The van der Waals surface area contributed by atoms with Crippen molar-refractivity contribution in [1.82, 2.24) is 16.0 Å². The van der Waals surface area contributed by atoms with Gasteiger partial charge in [0.2, 0.25) is 5.91 Å². The van der Waals surface area contributed by atoms with Crippen LogP contribution in [0.3, 0.4) is 0 Å². The number of nitrogens with one attached hydrogen (secondary N) is 3. The number of carbonyl (C=O) groups is 1. The molecule has 4 unspecified atom stereocenters. The number of halogens is 1. The van der Waals surface area contributed by atoms with E-state index in [2.05, 4.69) is 20.9 Å². The molecule has 0 heterocycles. The Bertz CT molecular complexity index is 714. The van der Waals surface area contributed by atoms with Crippen molar-refractivity contribution in [3.63, 3.8) is 0 Å². The minimum absolute atomic E-state index is 0. The maximum absolute atomic E-state index is 12.4. The first-order valence-corrected chi connectivity index (χ1v) is 11.7. The molecule has 0 aromatic heterocycles. The van der Waals surface area contributed by atoms with Gasteiger partial charge in [-0.1, -0.05) is 36.8 Å². The lowest BCUT2D eigenvalue weighted by Crippen LogP contribution is -2.47. The average molecular weight is 559 g/mol. The maximum atomic E-state index is 12.4. The van der Waals surface area contributed by atoms with E-state index < -0.39 is 6.10 Å². The normalized spacial score (nSPS) is 22.9.